The van der Waals surface area contributed by atoms with Gasteiger partial charge in [0, 0.05) is 23.1 Å². The molecule has 0 aliphatic carbocycles. The Hall–Kier alpha value is -1.95. The molecule has 6 heteroatoms. The predicted octanol–water partition coefficient (Wildman–Crippen LogP) is 2.89. The lowest BCUT2D eigenvalue weighted by Crippen LogP contribution is -2.13. The number of carbonyl (C=O) groups excluding carboxylic acids is 1. The number of ether oxygens (including phenoxy) is 1. The molecule has 0 spiro atoms. The van der Waals surface area contributed by atoms with Gasteiger partial charge >= 0.3 is 0 Å². The highest BCUT2D eigenvalue weighted by Gasteiger charge is 2.11. The minimum Gasteiger partial charge on any atom is -0.476 e. The highest BCUT2D eigenvalue weighted by molar-refractivity contribution is 9.10. The summed E-state index contributed by atoms with van der Waals surface area (Å²) in [5.41, 5.74) is 0.995. The van der Waals surface area contributed by atoms with Crippen LogP contribution in [-0.2, 0) is 0 Å². The van der Waals surface area contributed by atoms with Gasteiger partial charge in [0.05, 0.1) is 12.2 Å². The van der Waals surface area contributed by atoms with Crippen LogP contribution in [0.5, 0.6) is 5.88 Å². The highest BCUT2D eigenvalue weighted by atomic mass is 79.9. The first kappa shape index (κ1) is 13.5. The van der Waals surface area contributed by atoms with E-state index in [1.165, 1.54) is 6.20 Å². The van der Waals surface area contributed by atoms with Crippen LogP contribution in [0.4, 0.5) is 5.69 Å². The van der Waals surface area contributed by atoms with E-state index in [0.717, 1.165) is 4.47 Å². The van der Waals surface area contributed by atoms with Crippen molar-refractivity contribution in [3.05, 3.63) is 46.8 Å². The first-order chi connectivity index (χ1) is 9.20. The number of hydrogen-bond donors (Lipinski definition) is 1. The standard InChI is InChI=1S/C13H12BrN3O2/c1-2-19-13-11(4-3-5-16-13)17-12(18)9-6-10(14)8-15-7-9/h3-8H,2H2,1H3,(H,17,18). The predicted molar refractivity (Wildman–Crippen MR) is 75.3 cm³/mol. The summed E-state index contributed by atoms with van der Waals surface area (Å²) >= 11 is 3.28. The van der Waals surface area contributed by atoms with Gasteiger partial charge in [0.25, 0.3) is 5.91 Å². The van der Waals surface area contributed by atoms with Crippen molar-refractivity contribution in [3.63, 3.8) is 0 Å². The number of pyridine rings is 2. The van der Waals surface area contributed by atoms with Gasteiger partial charge in [-0.25, -0.2) is 4.98 Å². The van der Waals surface area contributed by atoms with Crippen LogP contribution in [0.25, 0.3) is 0 Å². The number of carbonyl (C=O) groups is 1. The van der Waals surface area contributed by atoms with E-state index >= 15 is 0 Å². The van der Waals surface area contributed by atoms with Crippen LogP contribution in [0.3, 0.4) is 0 Å². The van der Waals surface area contributed by atoms with E-state index < -0.39 is 0 Å². The summed E-state index contributed by atoms with van der Waals surface area (Å²) in [5, 5.41) is 2.75. The maximum Gasteiger partial charge on any atom is 0.257 e. The zero-order valence-electron chi connectivity index (χ0n) is 10.3. The lowest BCUT2D eigenvalue weighted by molar-refractivity contribution is 0.102. The summed E-state index contributed by atoms with van der Waals surface area (Å²) in [6.07, 6.45) is 4.73. The van der Waals surface area contributed by atoms with Crippen molar-refractivity contribution >= 4 is 27.5 Å². The monoisotopic (exact) mass is 321 g/mol. The van der Waals surface area contributed by atoms with Gasteiger partial charge in [-0.3, -0.25) is 9.78 Å². The molecule has 0 bridgehead atoms. The number of hydrogen-bond acceptors (Lipinski definition) is 4. The van der Waals surface area contributed by atoms with Gasteiger partial charge in [0.15, 0.2) is 0 Å². The van der Waals surface area contributed by atoms with Gasteiger partial charge < -0.3 is 10.1 Å². The fourth-order valence-electron chi connectivity index (χ4n) is 1.47. The molecule has 2 rings (SSSR count). The molecule has 1 amide bonds. The van der Waals surface area contributed by atoms with Crippen LogP contribution in [0.15, 0.2) is 41.3 Å². The van der Waals surface area contributed by atoms with E-state index in [9.17, 15) is 4.79 Å². The smallest absolute Gasteiger partial charge is 0.257 e. The largest absolute Gasteiger partial charge is 0.476 e. The van der Waals surface area contributed by atoms with Gasteiger partial charge in [0.2, 0.25) is 5.88 Å². The Kier molecular flexibility index (Phi) is 4.46. The molecule has 0 atom stereocenters. The quantitative estimate of drug-likeness (QED) is 0.940. The summed E-state index contributed by atoms with van der Waals surface area (Å²) in [7, 11) is 0. The topological polar surface area (TPSA) is 64.1 Å². The maximum atomic E-state index is 12.1. The van der Waals surface area contributed by atoms with Crippen molar-refractivity contribution in [3.8, 4) is 5.88 Å². The fourth-order valence-corrected chi connectivity index (χ4v) is 1.83. The minimum atomic E-state index is -0.261. The molecule has 19 heavy (non-hydrogen) atoms. The van der Waals surface area contributed by atoms with Gasteiger partial charge in [-0.05, 0) is 41.1 Å². The van der Waals surface area contributed by atoms with Crippen LogP contribution in [-0.4, -0.2) is 22.5 Å². The molecule has 0 aliphatic heterocycles. The van der Waals surface area contributed by atoms with E-state index in [-0.39, 0.29) is 5.91 Å². The first-order valence-electron chi connectivity index (χ1n) is 5.70. The van der Waals surface area contributed by atoms with E-state index in [1.807, 2.05) is 6.92 Å². The molecule has 1 N–H and O–H groups in total. The Bertz CT molecular complexity index is 590. The molecule has 2 heterocycles. The van der Waals surface area contributed by atoms with E-state index in [2.05, 4.69) is 31.2 Å². The Morgan fingerprint density at radius 1 is 1.47 bits per heavy atom. The molecule has 0 aliphatic rings. The van der Waals surface area contributed by atoms with Gasteiger partial charge in [-0.15, -0.1) is 0 Å². The van der Waals surface area contributed by atoms with E-state index in [4.69, 9.17) is 4.74 Å². The van der Waals surface area contributed by atoms with E-state index in [0.29, 0.717) is 23.7 Å². The maximum absolute atomic E-state index is 12.1. The SMILES string of the molecule is CCOc1ncccc1NC(=O)c1cncc(Br)c1. The molecule has 0 radical (unpaired) electrons. The molecule has 2 aromatic heterocycles. The Morgan fingerprint density at radius 2 is 2.32 bits per heavy atom. The van der Waals surface area contributed by atoms with Crippen molar-refractivity contribution in [1.82, 2.24) is 9.97 Å². The molecule has 0 saturated carbocycles. The van der Waals surface area contributed by atoms with Gasteiger partial charge in [-0.2, -0.15) is 0 Å². The third kappa shape index (κ3) is 3.51. The molecular weight excluding hydrogens is 310 g/mol. The number of anilines is 1. The van der Waals surface area contributed by atoms with Crippen LogP contribution in [0.2, 0.25) is 0 Å². The molecular formula is C13H12BrN3O2. The molecule has 98 valence electrons. The third-order valence-corrected chi connectivity index (χ3v) is 2.70. The Labute approximate surface area is 119 Å². The molecule has 5 nitrogen and oxygen atoms in total. The average Bonchev–Trinajstić information content (AvgIpc) is 2.41. The van der Waals surface area contributed by atoms with E-state index in [1.54, 1.807) is 30.6 Å². The lowest BCUT2D eigenvalue weighted by Gasteiger charge is -2.09. The highest BCUT2D eigenvalue weighted by Crippen LogP contribution is 2.21. The number of nitrogens with one attached hydrogen (secondary N) is 1. The van der Waals surface area contributed by atoms with Crippen LogP contribution >= 0.6 is 15.9 Å². The second-order valence-corrected chi connectivity index (χ2v) is 4.55. The average molecular weight is 322 g/mol. The Balaban J connectivity index is 2.19. The second-order valence-electron chi connectivity index (χ2n) is 3.64. The molecule has 2 aromatic rings. The number of rotatable bonds is 4. The number of aromatic nitrogens is 2. The van der Waals surface area contributed by atoms with Crippen molar-refractivity contribution in [2.75, 3.05) is 11.9 Å². The summed E-state index contributed by atoms with van der Waals surface area (Å²) in [5.74, 6) is 0.143. The van der Waals surface area contributed by atoms with Crippen LogP contribution < -0.4 is 10.1 Å². The molecule has 0 unspecified atom stereocenters. The van der Waals surface area contributed by atoms with Crippen molar-refractivity contribution in [1.29, 1.82) is 0 Å². The summed E-state index contributed by atoms with van der Waals surface area (Å²) in [4.78, 5) is 20.1. The normalized spacial score (nSPS) is 10.0. The fraction of sp³-hybridized carbons (Fsp3) is 0.154. The van der Waals surface area contributed by atoms with Crippen molar-refractivity contribution in [2.45, 2.75) is 6.92 Å². The third-order valence-electron chi connectivity index (χ3n) is 2.27. The summed E-state index contributed by atoms with van der Waals surface area (Å²) in [6.45, 7) is 2.34. The van der Waals surface area contributed by atoms with Crippen LogP contribution in [0, 0.1) is 0 Å². The first-order valence-corrected chi connectivity index (χ1v) is 6.49. The lowest BCUT2D eigenvalue weighted by atomic mass is 10.2. The number of amides is 1. The molecule has 0 saturated heterocycles. The molecule has 0 aromatic carbocycles. The zero-order chi connectivity index (χ0) is 13.7. The number of nitrogens with zero attached hydrogens (tertiary/aromatic N) is 2. The van der Waals surface area contributed by atoms with Gasteiger partial charge in [0.1, 0.15) is 5.69 Å². The van der Waals surface area contributed by atoms with Crippen molar-refractivity contribution in [2.24, 2.45) is 0 Å². The van der Waals surface area contributed by atoms with Crippen LogP contribution in [0.1, 0.15) is 17.3 Å². The van der Waals surface area contributed by atoms with Gasteiger partial charge in [-0.1, -0.05) is 0 Å². The zero-order valence-corrected chi connectivity index (χ0v) is 11.8. The van der Waals surface area contributed by atoms with Crippen molar-refractivity contribution < 1.29 is 9.53 Å². The second kappa shape index (κ2) is 6.29. The number of halogens is 1. The molecule has 0 fully saturated rings. The summed E-state index contributed by atoms with van der Waals surface area (Å²) in [6, 6.07) is 5.16. The minimum absolute atomic E-state index is 0.261. The Morgan fingerprint density at radius 3 is 3.05 bits per heavy atom. The summed E-state index contributed by atoms with van der Waals surface area (Å²) < 4.78 is 6.09.